The Morgan fingerprint density at radius 2 is 1.90 bits per heavy atom. The summed E-state index contributed by atoms with van der Waals surface area (Å²) in [6, 6.07) is 9.92. The van der Waals surface area contributed by atoms with Crippen LogP contribution in [-0.2, 0) is 6.42 Å². The van der Waals surface area contributed by atoms with Crippen LogP contribution < -0.4 is 16.2 Å². The quantitative estimate of drug-likeness (QED) is 0.831. The lowest BCUT2D eigenvalue weighted by atomic mass is 9.90. The van der Waals surface area contributed by atoms with Crippen LogP contribution in [0.1, 0.15) is 36.5 Å². The van der Waals surface area contributed by atoms with E-state index in [2.05, 4.69) is 19.9 Å². The molecule has 0 aliphatic carbocycles. The van der Waals surface area contributed by atoms with Crippen LogP contribution in [0.15, 0.2) is 30.3 Å². The van der Waals surface area contributed by atoms with E-state index < -0.39 is 0 Å². The highest BCUT2D eigenvalue weighted by Gasteiger charge is 2.17. The van der Waals surface area contributed by atoms with Crippen molar-refractivity contribution in [3.8, 4) is 5.75 Å². The second kappa shape index (κ2) is 6.27. The third-order valence-electron chi connectivity index (χ3n) is 3.77. The third-order valence-corrected chi connectivity index (χ3v) is 4.16. The molecule has 0 bridgehead atoms. The Hall–Kier alpha value is -1.87. The fraction of sp³-hybridized carbons (Fsp3) is 0.294. The molecule has 0 saturated carbocycles. The fourth-order valence-electron chi connectivity index (χ4n) is 2.51. The van der Waals surface area contributed by atoms with Gasteiger partial charge in [-0.05, 0) is 41.3 Å². The second-order valence-corrected chi connectivity index (χ2v) is 5.55. The number of nitrogens with two attached hydrogens (primary N) is 2. The van der Waals surface area contributed by atoms with Crippen LogP contribution >= 0.6 is 11.6 Å². The van der Waals surface area contributed by atoms with Crippen LogP contribution in [0.2, 0.25) is 5.02 Å². The molecule has 0 spiro atoms. The average Bonchev–Trinajstić information content (AvgIpc) is 2.46. The number of rotatable bonds is 4. The summed E-state index contributed by atoms with van der Waals surface area (Å²) < 4.78 is 5.29. The number of aryl methyl sites for hydroxylation is 1. The summed E-state index contributed by atoms with van der Waals surface area (Å²) in [6.07, 6.45) is 0.948. The first kappa shape index (κ1) is 15.5. The Morgan fingerprint density at radius 3 is 2.52 bits per heavy atom. The number of hydrogen-bond acceptors (Lipinski definition) is 3. The van der Waals surface area contributed by atoms with Gasteiger partial charge in [0.15, 0.2) is 5.75 Å². The van der Waals surface area contributed by atoms with Gasteiger partial charge in [-0.1, -0.05) is 37.6 Å². The number of nitrogen functional groups attached to an aromatic ring is 2. The molecule has 0 radical (unpaired) electrons. The molecule has 1 atom stereocenters. The molecule has 0 amide bonds. The maximum Gasteiger partial charge on any atom is 0.160 e. The average molecular weight is 305 g/mol. The van der Waals surface area contributed by atoms with Gasteiger partial charge in [0.1, 0.15) is 0 Å². The van der Waals surface area contributed by atoms with Crippen molar-refractivity contribution in [2.75, 3.05) is 18.6 Å². The second-order valence-electron chi connectivity index (χ2n) is 5.17. The van der Waals surface area contributed by atoms with E-state index in [1.807, 2.05) is 24.3 Å². The summed E-state index contributed by atoms with van der Waals surface area (Å²) in [5, 5.41) is 0.561. The van der Waals surface area contributed by atoms with E-state index in [1.165, 1.54) is 5.56 Å². The van der Waals surface area contributed by atoms with Crippen molar-refractivity contribution < 1.29 is 4.74 Å². The summed E-state index contributed by atoms with van der Waals surface area (Å²) in [7, 11) is 1.57. The standard InChI is InChI=1S/C17H21ClN2O/c1-4-11-7-12(9-13(19)8-11)10(2)14-5-6-15(20)17(21-3)16(14)18/h5-10H,4,19-20H2,1-3H3. The van der Waals surface area contributed by atoms with Gasteiger partial charge in [-0.3, -0.25) is 0 Å². The monoisotopic (exact) mass is 304 g/mol. The van der Waals surface area contributed by atoms with Crippen LogP contribution in [0.4, 0.5) is 11.4 Å². The van der Waals surface area contributed by atoms with Gasteiger partial charge in [0.25, 0.3) is 0 Å². The SMILES string of the molecule is CCc1cc(N)cc(C(C)c2ccc(N)c(OC)c2Cl)c1. The molecule has 0 heterocycles. The van der Waals surface area contributed by atoms with E-state index in [9.17, 15) is 0 Å². The van der Waals surface area contributed by atoms with Crippen molar-refractivity contribution in [1.82, 2.24) is 0 Å². The van der Waals surface area contributed by atoms with Crippen LogP contribution in [0.25, 0.3) is 0 Å². The van der Waals surface area contributed by atoms with Gasteiger partial charge in [-0.15, -0.1) is 0 Å². The van der Waals surface area contributed by atoms with Gasteiger partial charge in [-0.2, -0.15) is 0 Å². The summed E-state index contributed by atoms with van der Waals surface area (Å²) in [6.45, 7) is 4.22. The van der Waals surface area contributed by atoms with Crippen molar-refractivity contribution in [3.63, 3.8) is 0 Å². The van der Waals surface area contributed by atoms with Gasteiger partial charge in [0.05, 0.1) is 17.8 Å². The highest BCUT2D eigenvalue weighted by Crippen LogP contribution is 2.39. The molecule has 2 aromatic carbocycles. The third kappa shape index (κ3) is 3.08. The molecule has 0 saturated heterocycles. The lowest BCUT2D eigenvalue weighted by Gasteiger charge is -2.18. The number of benzene rings is 2. The Bertz CT molecular complexity index is 655. The first-order valence-corrected chi connectivity index (χ1v) is 7.36. The van der Waals surface area contributed by atoms with Crippen molar-refractivity contribution in [2.24, 2.45) is 0 Å². The summed E-state index contributed by atoms with van der Waals surface area (Å²) in [5.41, 5.74) is 16.5. The van der Waals surface area contributed by atoms with Crippen LogP contribution in [0, 0.1) is 0 Å². The van der Waals surface area contributed by atoms with Crippen LogP contribution in [0.3, 0.4) is 0 Å². The van der Waals surface area contributed by atoms with Crippen LogP contribution in [0.5, 0.6) is 5.75 Å². The highest BCUT2D eigenvalue weighted by molar-refractivity contribution is 6.33. The lowest BCUT2D eigenvalue weighted by molar-refractivity contribution is 0.416. The van der Waals surface area contributed by atoms with Gasteiger partial charge < -0.3 is 16.2 Å². The van der Waals surface area contributed by atoms with E-state index in [-0.39, 0.29) is 5.92 Å². The smallest absolute Gasteiger partial charge is 0.160 e. The Kier molecular flexibility index (Phi) is 4.63. The van der Waals surface area contributed by atoms with E-state index in [4.69, 9.17) is 27.8 Å². The van der Waals surface area contributed by atoms with Crippen molar-refractivity contribution in [3.05, 3.63) is 52.0 Å². The maximum atomic E-state index is 6.44. The van der Waals surface area contributed by atoms with Gasteiger partial charge in [-0.25, -0.2) is 0 Å². The first-order chi connectivity index (χ1) is 9.97. The minimum absolute atomic E-state index is 0.112. The summed E-state index contributed by atoms with van der Waals surface area (Å²) in [4.78, 5) is 0. The van der Waals surface area contributed by atoms with E-state index >= 15 is 0 Å². The molecule has 3 nitrogen and oxygen atoms in total. The molecule has 2 aromatic rings. The Balaban J connectivity index is 2.49. The molecule has 112 valence electrons. The Morgan fingerprint density at radius 1 is 1.19 bits per heavy atom. The highest BCUT2D eigenvalue weighted by atomic mass is 35.5. The normalized spacial score (nSPS) is 12.2. The molecule has 0 aliphatic heterocycles. The predicted octanol–water partition coefficient (Wildman–Crippen LogP) is 4.23. The molecule has 0 aromatic heterocycles. The zero-order valence-corrected chi connectivity index (χ0v) is 13.4. The summed E-state index contributed by atoms with van der Waals surface area (Å²) in [5.74, 6) is 0.640. The topological polar surface area (TPSA) is 61.3 Å². The van der Waals surface area contributed by atoms with Crippen molar-refractivity contribution >= 4 is 23.0 Å². The van der Waals surface area contributed by atoms with Gasteiger partial charge in [0.2, 0.25) is 0 Å². The van der Waals surface area contributed by atoms with E-state index in [0.29, 0.717) is 16.5 Å². The Labute approximate surface area is 130 Å². The molecule has 4 N–H and O–H groups in total. The van der Waals surface area contributed by atoms with Crippen molar-refractivity contribution in [2.45, 2.75) is 26.2 Å². The first-order valence-electron chi connectivity index (χ1n) is 6.99. The maximum absolute atomic E-state index is 6.44. The number of anilines is 2. The molecule has 2 rings (SSSR count). The zero-order chi connectivity index (χ0) is 15.6. The number of methoxy groups -OCH3 is 1. The lowest BCUT2D eigenvalue weighted by Crippen LogP contribution is -2.02. The molecule has 21 heavy (non-hydrogen) atoms. The minimum atomic E-state index is 0.112. The van der Waals surface area contributed by atoms with Crippen LogP contribution in [-0.4, -0.2) is 7.11 Å². The van der Waals surface area contributed by atoms with Gasteiger partial charge in [0, 0.05) is 11.6 Å². The van der Waals surface area contributed by atoms with Gasteiger partial charge >= 0.3 is 0 Å². The van der Waals surface area contributed by atoms with Crippen molar-refractivity contribution in [1.29, 1.82) is 0 Å². The minimum Gasteiger partial charge on any atom is -0.493 e. The number of halogens is 1. The molecule has 0 aliphatic rings. The predicted molar refractivity (Wildman–Crippen MR) is 90.2 cm³/mol. The fourth-order valence-corrected chi connectivity index (χ4v) is 2.92. The molecule has 4 heteroatoms. The van der Waals surface area contributed by atoms with E-state index in [1.54, 1.807) is 7.11 Å². The molecular formula is C17H21ClN2O. The largest absolute Gasteiger partial charge is 0.493 e. The summed E-state index contributed by atoms with van der Waals surface area (Å²) >= 11 is 6.44. The zero-order valence-electron chi connectivity index (χ0n) is 12.6. The number of ether oxygens (including phenoxy) is 1. The molecule has 1 unspecified atom stereocenters. The van der Waals surface area contributed by atoms with E-state index in [0.717, 1.165) is 23.2 Å². The number of hydrogen-bond donors (Lipinski definition) is 2. The molecule has 0 fully saturated rings. The molecular weight excluding hydrogens is 284 g/mol.